The molecule has 0 bridgehead atoms. The van der Waals surface area contributed by atoms with Gasteiger partial charge in [0.15, 0.2) is 9.84 Å². The van der Waals surface area contributed by atoms with E-state index >= 15 is 0 Å². The van der Waals surface area contributed by atoms with E-state index in [0.29, 0.717) is 41.8 Å². The van der Waals surface area contributed by atoms with E-state index in [1.165, 1.54) is 11.2 Å². The zero-order valence-electron chi connectivity index (χ0n) is 16.5. The fourth-order valence-corrected chi connectivity index (χ4v) is 4.80. The Bertz CT molecular complexity index is 1080. The lowest BCUT2D eigenvalue weighted by atomic mass is 10.1. The number of halogens is 1. The molecule has 2 amide bonds. The molecule has 158 valence electrons. The molecule has 9 heteroatoms. The highest BCUT2D eigenvalue weighted by Crippen LogP contribution is 2.29. The second-order valence-corrected chi connectivity index (χ2v) is 10.0. The van der Waals surface area contributed by atoms with Crippen molar-refractivity contribution < 1.29 is 18.0 Å². The molecule has 2 heterocycles. The van der Waals surface area contributed by atoms with E-state index < -0.39 is 15.9 Å². The van der Waals surface area contributed by atoms with Gasteiger partial charge in [-0.25, -0.2) is 13.3 Å². The zero-order chi connectivity index (χ0) is 21.5. The number of benzene rings is 2. The molecule has 2 fully saturated rings. The second-order valence-electron chi connectivity index (χ2n) is 7.56. The molecule has 0 N–H and O–H groups in total. The number of rotatable bonds is 4. The smallest absolute Gasteiger partial charge is 0.251 e. The Morgan fingerprint density at radius 1 is 0.933 bits per heavy atom. The van der Waals surface area contributed by atoms with Crippen molar-refractivity contribution in [2.24, 2.45) is 0 Å². The number of imide groups is 1. The summed E-state index contributed by atoms with van der Waals surface area (Å²) in [7, 11) is -3.22. The SMILES string of the molecule is CS(=O)(=O)c1ccc(N2CCN([C@@H]3CC(=O)N(c4cccc(Cl)c4)C3=O)CC2)cc1. The average molecular weight is 448 g/mol. The van der Waals surface area contributed by atoms with Crippen LogP contribution in [0.3, 0.4) is 0 Å². The van der Waals surface area contributed by atoms with Crippen LogP contribution in [0.15, 0.2) is 53.4 Å². The van der Waals surface area contributed by atoms with Gasteiger partial charge in [0.2, 0.25) is 5.91 Å². The Labute approximate surface area is 180 Å². The quantitative estimate of drug-likeness (QED) is 0.669. The fraction of sp³-hybridized carbons (Fsp3) is 0.333. The maximum Gasteiger partial charge on any atom is 0.251 e. The molecule has 2 aromatic carbocycles. The number of amides is 2. The Balaban J connectivity index is 1.42. The summed E-state index contributed by atoms with van der Waals surface area (Å²) in [5.74, 6) is -0.431. The Hall–Kier alpha value is -2.42. The predicted octanol–water partition coefficient (Wildman–Crippen LogP) is 2.20. The molecule has 0 aromatic heterocycles. The van der Waals surface area contributed by atoms with E-state index in [1.807, 2.05) is 4.90 Å². The molecule has 2 aliphatic heterocycles. The Kier molecular flexibility index (Phi) is 5.57. The molecule has 30 heavy (non-hydrogen) atoms. The Morgan fingerprint density at radius 2 is 1.60 bits per heavy atom. The van der Waals surface area contributed by atoms with Gasteiger partial charge in [0, 0.05) is 43.1 Å². The third-order valence-electron chi connectivity index (χ3n) is 5.57. The van der Waals surface area contributed by atoms with Gasteiger partial charge in [-0.15, -0.1) is 0 Å². The van der Waals surface area contributed by atoms with Gasteiger partial charge in [-0.05, 0) is 42.5 Å². The van der Waals surface area contributed by atoms with Crippen LogP contribution in [0.2, 0.25) is 5.02 Å². The largest absolute Gasteiger partial charge is 0.369 e. The summed E-state index contributed by atoms with van der Waals surface area (Å²) in [6.07, 6.45) is 1.35. The molecule has 4 rings (SSSR count). The van der Waals surface area contributed by atoms with Crippen molar-refractivity contribution in [1.82, 2.24) is 4.90 Å². The molecule has 2 aliphatic rings. The first-order chi connectivity index (χ1) is 14.2. The summed E-state index contributed by atoms with van der Waals surface area (Å²) in [5, 5.41) is 0.479. The molecule has 0 saturated carbocycles. The van der Waals surface area contributed by atoms with Crippen LogP contribution in [0.5, 0.6) is 0 Å². The van der Waals surface area contributed by atoms with E-state index in [4.69, 9.17) is 11.6 Å². The molecule has 0 spiro atoms. The molecular formula is C21H22ClN3O4S. The first kappa shape index (κ1) is 20.8. The van der Waals surface area contributed by atoms with Crippen LogP contribution in [0.1, 0.15) is 6.42 Å². The van der Waals surface area contributed by atoms with E-state index in [1.54, 1.807) is 48.5 Å². The lowest BCUT2D eigenvalue weighted by Gasteiger charge is -2.38. The highest BCUT2D eigenvalue weighted by molar-refractivity contribution is 7.90. The van der Waals surface area contributed by atoms with Crippen molar-refractivity contribution in [3.63, 3.8) is 0 Å². The molecule has 0 radical (unpaired) electrons. The minimum atomic E-state index is -3.22. The minimum absolute atomic E-state index is 0.161. The van der Waals surface area contributed by atoms with Gasteiger partial charge in [0.05, 0.1) is 23.0 Å². The first-order valence-electron chi connectivity index (χ1n) is 9.65. The average Bonchev–Trinajstić information content (AvgIpc) is 3.01. The molecule has 0 unspecified atom stereocenters. The molecule has 1 atom stereocenters. The number of hydrogen-bond donors (Lipinski definition) is 0. The number of carbonyl (C=O) groups is 2. The molecular weight excluding hydrogens is 426 g/mol. The normalized spacial score (nSPS) is 20.8. The maximum atomic E-state index is 13.0. The molecule has 0 aliphatic carbocycles. The van der Waals surface area contributed by atoms with Gasteiger partial charge in [-0.2, -0.15) is 0 Å². The highest BCUT2D eigenvalue weighted by atomic mass is 35.5. The van der Waals surface area contributed by atoms with Crippen molar-refractivity contribution in [1.29, 1.82) is 0 Å². The van der Waals surface area contributed by atoms with Crippen molar-refractivity contribution in [2.45, 2.75) is 17.4 Å². The highest BCUT2D eigenvalue weighted by Gasteiger charge is 2.43. The van der Waals surface area contributed by atoms with Crippen LogP contribution in [0, 0.1) is 0 Å². The van der Waals surface area contributed by atoms with Gasteiger partial charge in [0.25, 0.3) is 5.91 Å². The van der Waals surface area contributed by atoms with Gasteiger partial charge < -0.3 is 4.90 Å². The van der Waals surface area contributed by atoms with E-state index in [-0.39, 0.29) is 18.2 Å². The van der Waals surface area contributed by atoms with E-state index in [0.717, 1.165) is 5.69 Å². The van der Waals surface area contributed by atoms with Crippen LogP contribution in [0.4, 0.5) is 11.4 Å². The number of carbonyl (C=O) groups excluding carboxylic acids is 2. The third kappa shape index (κ3) is 4.08. The van der Waals surface area contributed by atoms with Crippen LogP contribution >= 0.6 is 11.6 Å². The number of nitrogens with zero attached hydrogens (tertiary/aromatic N) is 3. The predicted molar refractivity (Wildman–Crippen MR) is 116 cm³/mol. The van der Waals surface area contributed by atoms with Crippen LogP contribution < -0.4 is 9.80 Å². The van der Waals surface area contributed by atoms with Crippen molar-refractivity contribution in [3.8, 4) is 0 Å². The van der Waals surface area contributed by atoms with Gasteiger partial charge >= 0.3 is 0 Å². The van der Waals surface area contributed by atoms with Gasteiger partial charge in [-0.1, -0.05) is 17.7 Å². The summed E-state index contributed by atoms with van der Waals surface area (Å²) >= 11 is 6.01. The zero-order valence-corrected chi connectivity index (χ0v) is 18.1. The number of sulfone groups is 1. The van der Waals surface area contributed by atoms with E-state index in [9.17, 15) is 18.0 Å². The van der Waals surface area contributed by atoms with Gasteiger partial charge in [-0.3, -0.25) is 14.5 Å². The van der Waals surface area contributed by atoms with Crippen molar-refractivity contribution >= 4 is 44.6 Å². The van der Waals surface area contributed by atoms with Crippen LogP contribution in [-0.2, 0) is 19.4 Å². The molecule has 7 nitrogen and oxygen atoms in total. The van der Waals surface area contributed by atoms with Crippen LogP contribution in [0.25, 0.3) is 0 Å². The Morgan fingerprint density at radius 3 is 2.20 bits per heavy atom. The first-order valence-corrected chi connectivity index (χ1v) is 11.9. The van der Waals surface area contributed by atoms with Gasteiger partial charge in [0.1, 0.15) is 0 Å². The number of hydrogen-bond acceptors (Lipinski definition) is 6. The van der Waals surface area contributed by atoms with Crippen molar-refractivity contribution in [3.05, 3.63) is 53.6 Å². The van der Waals surface area contributed by atoms with Crippen LogP contribution in [-0.4, -0.2) is 63.6 Å². The monoisotopic (exact) mass is 447 g/mol. The summed E-state index contributed by atoms with van der Waals surface area (Å²) in [5.41, 5.74) is 1.45. The standard InChI is InChI=1S/C21H22ClN3O4S/c1-30(28,29)18-7-5-16(6-8-18)23-9-11-24(12-10-23)19-14-20(26)25(21(19)27)17-4-2-3-15(22)13-17/h2-8,13,19H,9-12,14H2,1H3/t19-/m1/s1. The molecule has 2 aromatic rings. The number of piperazine rings is 1. The number of anilines is 2. The molecule has 2 saturated heterocycles. The lowest BCUT2D eigenvalue weighted by Crippen LogP contribution is -2.52. The second kappa shape index (κ2) is 8.02. The minimum Gasteiger partial charge on any atom is -0.369 e. The summed E-state index contributed by atoms with van der Waals surface area (Å²) in [6, 6.07) is 13.1. The summed E-state index contributed by atoms with van der Waals surface area (Å²) in [4.78, 5) is 31.2. The lowest BCUT2D eigenvalue weighted by molar-refractivity contribution is -0.123. The summed E-state index contributed by atoms with van der Waals surface area (Å²) in [6.45, 7) is 2.66. The maximum absolute atomic E-state index is 13.0. The van der Waals surface area contributed by atoms with Crippen molar-refractivity contribution in [2.75, 3.05) is 42.2 Å². The topological polar surface area (TPSA) is 78.0 Å². The fourth-order valence-electron chi connectivity index (χ4n) is 3.98. The third-order valence-corrected chi connectivity index (χ3v) is 6.94. The summed E-state index contributed by atoms with van der Waals surface area (Å²) < 4.78 is 23.2. The van der Waals surface area contributed by atoms with E-state index in [2.05, 4.69) is 4.90 Å².